The van der Waals surface area contributed by atoms with E-state index in [1.807, 2.05) is 30.2 Å². The lowest BCUT2D eigenvalue weighted by atomic mass is 10.0. The Morgan fingerprint density at radius 3 is 2.85 bits per heavy atom. The molecule has 0 atom stereocenters. The van der Waals surface area contributed by atoms with Gasteiger partial charge in [0.2, 0.25) is 0 Å². The molecule has 0 unspecified atom stereocenters. The summed E-state index contributed by atoms with van der Waals surface area (Å²) in [5, 5.41) is 0. The predicted octanol–water partition coefficient (Wildman–Crippen LogP) is 3.74. The maximum Gasteiger partial charge on any atom is 0.139 e. The highest BCUT2D eigenvalue weighted by Gasteiger charge is 2.07. The lowest BCUT2D eigenvalue weighted by Crippen LogP contribution is -1.98. The van der Waals surface area contributed by atoms with Crippen LogP contribution in [0.25, 0.3) is 11.4 Å². The van der Waals surface area contributed by atoms with Crippen LogP contribution in [0.15, 0.2) is 65.6 Å². The molecule has 0 N–H and O–H groups in total. The minimum absolute atomic E-state index is 0.964. The number of aryl methyl sites for hydroxylation is 1. The van der Waals surface area contributed by atoms with Gasteiger partial charge in [0.15, 0.2) is 0 Å². The van der Waals surface area contributed by atoms with Crippen molar-refractivity contribution in [2.45, 2.75) is 13.3 Å². The van der Waals surface area contributed by atoms with Gasteiger partial charge in [0.1, 0.15) is 5.82 Å². The van der Waals surface area contributed by atoms with Crippen LogP contribution in [0, 0.1) is 0 Å². The monoisotopic (exact) mass is 263 g/mol. The Hall–Kier alpha value is -2.42. The van der Waals surface area contributed by atoms with E-state index >= 15 is 0 Å². The third-order valence-electron chi connectivity index (χ3n) is 3.38. The minimum atomic E-state index is 0.964. The number of rotatable bonds is 2. The second kappa shape index (κ2) is 5.29. The molecule has 2 aromatic rings. The van der Waals surface area contributed by atoms with Crippen molar-refractivity contribution in [3.8, 4) is 11.4 Å². The average Bonchev–Trinajstić information content (AvgIpc) is 2.76. The first-order valence-corrected chi connectivity index (χ1v) is 6.72. The van der Waals surface area contributed by atoms with Crippen molar-refractivity contribution < 1.29 is 0 Å². The summed E-state index contributed by atoms with van der Waals surface area (Å²) >= 11 is 0. The van der Waals surface area contributed by atoms with Crippen LogP contribution in [0.5, 0.6) is 0 Å². The number of imidazole rings is 1. The summed E-state index contributed by atoms with van der Waals surface area (Å²) in [6.07, 6.45) is 10.9. The standard InChI is InChI=1S/C17H17N3/c1-13-5-4-8-18-16(11-13)14-6-3-7-15(12-14)17-19-9-10-20(17)2/h3-4,6-12H,5H2,1-2H3. The first kappa shape index (κ1) is 12.6. The van der Waals surface area contributed by atoms with Crippen LogP contribution < -0.4 is 0 Å². The van der Waals surface area contributed by atoms with Crippen LogP contribution in [0.4, 0.5) is 0 Å². The minimum Gasteiger partial charge on any atom is -0.334 e. The topological polar surface area (TPSA) is 30.2 Å². The summed E-state index contributed by atoms with van der Waals surface area (Å²) in [6, 6.07) is 8.37. The zero-order chi connectivity index (χ0) is 13.9. The predicted molar refractivity (Wildman–Crippen MR) is 82.7 cm³/mol. The van der Waals surface area contributed by atoms with E-state index in [2.05, 4.69) is 53.3 Å². The number of nitrogens with zero attached hydrogens (tertiary/aromatic N) is 3. The van der Waals surface area contributed by atoms with E-state index in [1.54, 1.807) is 0 Å². The van der Waals surface area contributed by atoms with Gasteiger partial charge < -0.3 is 4.57 Å². The van der Waals surface area contributed by atoms with Crippen molar-refractivity contribution in [3.63, 3.8) is 0 Å². The van der Waals surface area contributed by atoms with Gasteiger partial charge in [-0.15, -0.1) is 0 Å². The molecule has 1 aliphatic rings. The summed E-state index contributed by atoms with van der Waals surface area (Å²) < 4.78 is 2.02. The van der Waals surface area contributed by atoms with Crippen LogP contribution in [-0.2, 0) is 7.05 Å². The van der Waals surface area contributed by atoms with E-state index in [9.17, 15) is 0 Å². The van der Waals surface area contributed by atoms with E-state index in [1.165, 1.54) is 5.57 Å². The van der Waals surface area contributed by atoms with Gasteiger partial charge in [0.05, 0.1) is 5.71 Å². The first-order valence-electron chi connectivity index (χ1n) is 6.72. The number of allylic oxidation sites excluding steroid dienone is 3. The number of hydrogen-bond donors (Lipinski definition) is 0. The maximum atomic E-state index is 4.52. The van der Waals surface area contributed by atoms with Crippen molar-refractivity contribution in [1.82, 2.24) is 9.55 Å². The Bertz CT molecular complexity index is 717. The highest BCUT2D eigenvalue weighted by molar-refractivity contribution is 6.10. The number of benzene rings is 1. The molecule has 0 radical (unpaired) electrons. The van der Waals surface area contributed by atoms with Crippen LogP contribution in [-0.4, -0.2) is 15.3 Å². The zero-order valence-corrected chi connectivity index (χ0v) is 11.7. The highest BCUT2D eigenvalue weighted by Crippen LogP contribution is 2.20. The molecule has 1 aromatic carbocycles. The Kier molecular flexibility index (Phi) is 3.33. The van der Waals surface area contributed by atoms with Crippen molar-refractivity contribution in [2.24, 2.45) is 12.0 Å². The number of aliphatic imine (C=N–C) groups is 1. The highest BCUT2D eigenvalue weighted by atomic mass is 15.0. The molecular formula is C17H17N3. The Morgan fingerprint density at radius 1 is 1.20 bits per heavy atom. The second-order valence-electron chi connectivity index (χ2n) is 5.04. The third kappa shape index (κ3) is 2.48. The fourth-order valence-electron chi connectivity index (χ4n) is 2.32. The average molecular weight is 263 g/mol. The fourth-order valence-corrected chi connectivity index (χ4v) is 2.32. The van der Waals surface area contributed by atoms with Crippen LogP contribution in [0.1, 0.15) is 18.9 Å². The summed E-state index contributed by atoms with van der Waals surface area (Å²) in [4.78, 5) is 8.92. The van der Waals surface area contributed by atoms with Crippen LogP contribution in [0.3, 0.4) is 0 Å². The molecule has 0 fully saturated rings. The number of hydrogen-bond acceptors (Lipinski definition) is 2. The normalized spacial score (nSPS) is 14.7. The molecule has 100 valence electrons. The zero-order valence-electron chi connectivity index (χ0n) is 11.7. The van der Waals surface area contributed by atoms with Crippen molar-refractivity contribution in [3.05, 3.63) is 66.1 Å². The van der Waals surface area contributed by atoms with E-state index in [4.69, 9.17) is 0 Å². The maximum absolute atomic E-state index is 4.52. The molecule has 3 nitrogen and oxygen atoms in total. The van der Waals surface area contributed by atoms with Crippen molar-refractivity contribution in [1.29, 1.82) is 0 Å². The molecule has 0 amide bonds. The summed E-state index contributed by atoms with van der Waals surface area (Å²) in [5.74, 6) is 0.970. The molecule has 3 heteroatoms. The quantitative estimate of drug-likeness (QED) is 0.811. The Balaban J connectivity index is 2.04. The summed E-state index contributed by atoms with van der Waals surface area (Å²) in [6.45, 7) is 2.13. The lowest BCUT2D eigenvalue weighted by Gasteiger charge is -2.06. The first-order chi connectivity index (χ1) is 9.74. The molecule has 2 heterocycles. The van der Waals surface area contributed by atoms with E-state index in [-0.39, 0.29) is 0 Å². The molecule has 0 saturated carbocycles. The molecule has 20 heavy (non-hydrogen) atoms. The van der Waals surface area contributed by atoms with Gasteiger partial charge in [-0.2, -0.15) is 0 Å². The van der Waals surface area contributed by atoms with Crippen molar-refractivity contribution >= 4 is 5.71 Å². The third-order valence-corrected chi connectivity index (χ3v) is 3.38. The van der Waals surface area contributed by atoms with Gasteiger partial charge >= 0.3 is 0 Å². The van der Waals surface area contributed by atoms with Crippen LogP contribution in [0.2, 0.25) is 0 Å². The van der Waals surface area contributed by atoms with Gasteiger partial charge in [0, 0.05) is 36.8 Å². The lowest BCUT2D eigenvalue weighted by molar-refractivity contribution is 0.925. The molecule has 1 aliphatic heterocycles. The van der Waals surface area contributed by atoms with Gasteiger partial charge in [-0.3, -0.25) is 4.99 Å². The summed E-state index contributed by atoms with van der Waals surface area (Å²) in [7, 11) is 2.00. The molecule has 0 saturated heterocycles. The molecule has 1 aromatic heterocycles. The molecular weight excluding hydrogens is 246 g/mol. The molecule has 0 bridgehead atoms. The van der Waals surface area contributed by atoms with E-state index in [0.29, 0.717) is 0 Å². The van der Waals surface area contributed by atoms with Crippen molar-refractivity contribution in [2.75, 3.05) is 0 Å². The second-order valence-corrected chi connectivity index (χ2v) is 5.04. The smallest absolute Gasteiger partial charge is 0.139 e. The molecule has 0 aliphatic carbocycles. The van der Waals surface area contributed by atoms with E-state index in [0.717, 1.165) is 29.1 Å². The van der Waals surface area contributed by atoms with Gasteiger partial charge in [-0.05, 0) is 25.5 Å². The summed E-state index contributed by atoms with van der Waals surface area (Å²) in [5.41, 5.74) is 4.56. The SMILES string of the molecule is CC1=CC(c2cccc(-c3nccn3C)c2)=NC=CC1. The van der Waals surface area contributed by atoms with Gasteiger partial charge in [-0.1, -0.05) is 29.8 Å². The molecule has 3 rings (SSSR count). The Morgan fingerprint density at radius 2 is 2.05 bits per heavy atom. The van der Waals surface area contributed by atoms with Gasteiger partial charge in [-0.25, -0.2) is 4.98 Å². The number of aromatic nitrogens is 2. The van der Waals surface area contributed by atoms with E-state index < -0.39 is 0 Å². The van der Waals surface area contributed by atoms with Crippen LogP contribution >= 0.6 is 0 Å². The van der Waals surface area contributed by atoms with Gasteiger partial charge in [0.25, 0.3) is 0 Å². The molecule has 0 spiro atoms. The fraction of sp³-hybridized carbons (Fsp3) is 0.176. The Labute approximate surface area is 119 Å². The largest absolute Gasteiger partial charge is 0.334 e.